The zero-order valence-electron chi connectivity index (χ0n) is 14.8. The van der Waals surface area contributed by atoms with E-state index in [4.69, 9.17) is 0 Å². The molecule has 0 atom stereocenters. The monoisotopic (exact) mass is 377 g/mol. The molecule has 0 unspecified atom stereocenters. The van der Waals surface area contributed by atoms with Crippen molar-refractivity contribution in [3.05, 3.63) is 84.8 Å². The van der Waals surface area contributed by atoms with E-state index in [1.54, 1.807) is 24.5 Å². The van der Waals surface area contributed by atoms with Crippen LogP contribution in [0.15, 0.2) is 84.1 Å². The van der Waals surface area contributed by atoms with Gasteiger partial charge in [-0.05, 0) is 41.6 Å². The van der Waals surface area contributed by atoms with Crippen molar-refractivity contribution in [2.75, 3.05) is 7.05 Å². The Morgan fingerprint density at radius 2 is 1.85 bits per heavy atom. The zero-order valence-corrected chi connectivity index (χ0v) is 15.6. The van der Waals surface area contributed by atoms with Crippen LogP contribution in [0.5, 0.6) is 0 Å². The van der Waals surface area contributed by atoms with Crippen LogP contribution in [0, 0.1) is 0 Å². The van der Waals surface area contributed by atoms with Crippen LogP contribution >= 0.6 is 0 Å². The van der Waals surface area contributed by atoms with Crippen LogP contribution in [0.4, 0.5) is 0 Å². The van der Waals surface area contributed by atoms with Crippen LogP contribution < -0.4 is 5.32 Å². The molecule has 0 saturated carbocycles. The van der Waals surface area contributed by atoms with E-state index in [0.717, 1.165) is 21.9 Å². The molecule has 0 amide bonds. The summed E-state index contributed by atoms with van der Waals surface area (Å²) < 4.78 is 27.9. The number of pyridine rings is 1. The third kappa shape index (κ3) is 3.13. The summed E-state index contributed by atoms with van der Waals surface area (Å²) in [6, 6.07) is 19.0. The van der Waals surface area contributed by atoms with Crippen LogP contribution in [0.2, 0.25) is 0 Å². The average molecular weight is 377 g/mol. The van der Waals surface area contributed by atoms with E-state index in [9.17, 15) is 8.42 Å². The summed E-state index contributed by atoms with van der Waals surface area (Å²) in [5, 5.41) is 5.16. The third-order valence-corrected chi connectivity index (χ3v) is 6.14. The van der Waals surface area contributed by atoms with Gasteiger partial charge >= 0.3 is 0 Å². The standard InChI is InChI=1S/C21H19N3O2S/c1-22-13-16-12-21(20-10-4-7-17-6-2-3-9-19(17)20)24(15-16)27(25,26)18-8-5-11-23-14-18/h2-12,14-15,22H,13H2,1H3. The number of nitrogens with zero attached hydrogens (tertiary/aromatic N) is 2. The lowest BCUT2D eigenvalue weighted by Crippen LogP contribution is -2.13. The molecule has 0 spiro atoms. The molecular weight excluding hydrogens is 358 g/mol. The smallest absolute Gasteiger partial charge is 0.269 e. The molecule has 2 aromatic heterocycles. The number of aromatic nitrogens is 2. The van der Waals surface area contributed by atoms with Gasteiger partial charge in [0.15, 0.2) is 0 Å². The van der Waals surface area contributed by atoms with Gasteiger partial charge in [0.2, 0.25) is 0 Å². The van der Waals surface area contributed by atoms with Gasteiger partial charge in [0.25, 0.3) is 10.0 Å². The Bertz CT molecular complexity index is 1190. The summed E-state index contributed by atoms with van der Waals surface area (Å²) in [4.78, 5) is 4.13. The Balaban J connectivity index is 1.99. The van der Waals surface area contributed by atoms with Crippen molar-refractivity contribution in [3.63, 3.8) is 0 Å². The first-order valence-corrected chi connectivity index (χ1v) is 10.0. The van der Waals surface area contributed by atoms with Crippen molar-refractivity contribution in [2.45, 2.75) is 11.4 Å². The number of hydrogen-bond donors (Lipinski definition) is 1. The number of benzene rings is 2. The minimum atomic E-state index is -3.76. The van der Waals surface area contributed by atoms with Gasteiger partial charge in [0, 0.05) is 30.7 Å². The Labute approximate surface area is 158 Å². The highest BCUT2D eigenvalue weighted by molar-refractivity contribution is 7.90. The van der Waals surface area contributed by atoms with Gasteiger partial charge < -0.3 is 5.32 Å². The highest BCUT2D eigenvalue weighted by atomic mass is 32.2. The Morgan fingerprint density at radius 1 is 1.04 bits per heavy atom. The van der Waals surface area contributed by atoms with Crippen molar-refractivity contribution in [1.29, 1.82) is 0 Å². The fraction of sp³-hybridized carbons (Fsp3) is 0.0952. The van der Waals surface area contributed by atoms with Crippen molar-refractivity contribution in [2.24, 2.45) is 0 Å². The second-order valence-corrected chi connectivity index (χ2v) is 8.10. The van der Waals surface area contributed by atoms with E-state index < -0.39 is 10.0 Å². The van der Waals surface area contributed by atoms with E-state index in [1.165, 1.54) is 10.2 Å². The van der Waals surface area contributed by atoms with Crippen LogP contribution in [0.25, 0.3) is 22.0 Å². The number of rotatable bonds is 5. The Kier molecular flexibility index (Phi) is 4.51. The van der Waals surface area contributed by atoms with Crippen LogP contribution in [0.1, 0.15) is 5.56 Å². The molecule has 2 heterocycles. The topological polar surface area (TPSA) is 64.0 Å². The summed E-state index contributed by atoms with van der Waals surface area (Å²) >= 11 is 0. The van der Waals surface area contributed by atoms with Gasteiger partial charge in [-0.25, -0.2) is 12.4 Å². The fourth-order valence-corrected chi connectivity index (χ4v) is 4.61. The van der Waals surface area contributed by atoms with Gasteiger partial charge in [0.05, 0.1) is 5.69 Å². The third-order valence-electron chi connectivity index (χ3n) is 4.48. The van der Waals surface area contributed by atoms with Gasteiger partial charge in [-0.15, -0.1) is 0 Å². The average Bonchev–Trinajstić information content (AvgIpc) is 3.13. The molecule has 2 aromatic carbocycles. The van der Waals surface area contributed by atoms with E-state index in [-0.39, 0.29) is 4.90 Å². The van der Waals surface area contributed by atoms with E-state index in [1.807, 2.05) is 55.6 Å². The molecular formula is C21H19N3O2S. The van der Waals surface area contributed by atoms with Crippen molar-refractivity contribution >= 4 is 20.8 Å². The lowest BCUT2D eigenvalue weighted by molar-refractivity contribution is 0.587. The van der Waals surface area contributed by atoms with Gasteiger partial charge in [-0.3, -0.25) is 4.98 Å². The normalized spacial score (nSPS) is 11.7. The summed E-state index contributed by atoms with van der Waals surface area (Å²) in [7, 11) is -1.92. The molecule has 136 valence electrons. The molecule has 0 aliphatic heterocycles. The first kappa shape index (κ1) is 17.5. The Hall–Kier alpha value is -2.96. The Morgan fingerprint density at radius 3 is 2.63 bits per heavy atom. The second-order valence-electron chi connectivity index (χ2n) is 6.28. The predicted octanol–water partition coefficient (Wildman–Crippen LogP) is 3.66. The van der Waals surface area contributed by atoms with Crippen LogP contribution in [0.3, 0.4) is 0 Å². The minimum Gasteiger partial charge on any atom is -0.316 e. The summed E-state index contributed by atoms with van der Waals surface area (Å²) in [6.07, 6.45) is 4.61. The van der Waals surface area contributed by atoms with Crippen molar-refractivity contribution < 1.29 is 8.42 Å². The molecule has 27 heavy (non-hydrogen) atoms. The molecule has 4 aromatic rings. The lowest BCUT2D eigenvalue weighted by atomic mass is 10.0. The molecule has 1 N–H and O–H groups in total. The molecule has 0 radical (unpaired) electrons. The molecule has 6 heteroatoms. The van der Waals surface area contributed by atoms with Gasteiger partial charge in [-0.2, -0.15) is 0 Å². The number of nitrogens with one attached hydrogen (secondary N) is 1. The van der Waals surface area contributed by atoms with Gasteiger partial charge in [0.1, 0.15) is 4.90 Å². The largest absolute Gasteiger partial charge is 0.316 e. The van der Waals surface area contributed by atoms with Gasteiger partial charge in [-0.1, -0.05) is 42.5 Å². The van der Waals surface area contributed by atoms with E-state index in [0.29, 0.717) is 12.2 Å². The molecule has 0 aliphatic carbocycles. The second kappa shape index (κ2) is 6.98. The predicted molar refractivity (Wildman–Crippen MR) is 107 cm³/mol. The molecule has 0 aliphatic rings. The molecule has 5 nitrogen and oxygen atoms in total. The summed E-state index contributed by atoms with van der Waals surface area (Å²) in [5.41, 5.74) is 2.41. The summed E-state index contributed by atoms with van der Waals surface area (Å²) in [5.74, 6) is 0. The SMILES string of the molecule is CNCc1cc(-c2cccc3ccccc23)n(S(=O)(=O)c2cccnc2)c1. The number of fused-ring (bicyclic) bond motifs is 1. The van der Waals surface area contributed by atoms with Crippen LogP contribution in [-0.4, -0.2) is 24.4 Å². The maximum Gasteiger partial charge on any atom is 0.269 e. The molecule has 0 fully saturated rings. The maximum atomic E-state index is 13.3. The zero-order chi connectivity index (χ0) is 18.9. The van der Waals surface area contributed by atoms with Crippen molar-refractivity contribution in [3.8, 4) is 11.3 Å². The lowest BCUT2D eigenvalue weighted by Gasteiger charge is -2.12. The van der Waals surface area contributed by atoms with Crippen LogP contribution in [-0.2, 0) is 16.6 Å². The molecule has 4 rings (SSSR count). The number of hydrogen-bond acceptors (Lipinski definition) is 4. The van der Waals surface area contributed by atoms with Crippen molar-refractivity contribution in [1.82, 2.24) is 14.3 Å². The first-order valence-electron chi connectivity index (χ1n) is 8.61. The highest BCUT2D eigenvalue weighted by Crippen LogP contribution is 2.32. The quantitative estimate of drug-likeness (QED) is 0.576. The fourth-order valence-electron chi connectivity index (χ4n) is 3.25. The minimum absolute atomic E-state index is 0.165. The highest BCUT2D eigenvalue weighted by Gasteiger charge is 2.22. The van der Waals surface area contributed by atoms with E-state index in [2.05, 4.69) is 10.3 Å². The first-order chi connectivity index (χ1) is 13.1. The van der Waals surface area contributed by atoms with E-state index >= 15 is 0 Å². The maximum absolute atomic E-state index is 13.3. The summed E-state index contributed by atoms with van der Waals surface area (Å²) in [6.45, 7) is 0.577. The molecule has 0 saturated heterocycles. The molecule has 0 bridgehead atoms.